The number of methoxy groups -OCH3 is 3. The van der Waals surface area contributed by atoms with Gasteiger partial charge in [0.15, 0.2) is 0 Å². The number of aromatic amines is 2. The van der Waals surface area contributed by atoms with Gasteiger partial charge in [-0.1, -0.05) is 64.4 Å². The van der Waals surface area contributed by atoms with E-state index >= 15 is 0 Å². The summed E-state index contributed by atoms with van der Waals surface area (Å²) in [6, 6.07) is 14.3. The second-order valence-corrected chi connectivity index (χ2v) is 14.5. The molecule has 16 nitrogen and oxygen atoms in total. The predicted octanol–water partition coefficient (Wildman–Crippen LogP) is 5.72. The summed E-state index contributed by atoms with van der Waals surface area (Å²) in [5, 5.41) is 8.96. The van der Waals surface area contributed by atoms with Crippen LogP contribution in [0.25, 0.3) is 33.6 Å². The van der Waals surface area contributed by atoms with Gasteiger partial charge < -0.3 is 49.8 Å². The molecular formula is C45H68N8O8. The molecular weight excluding hydrogens is 781 g/mol. The topological polar surface area (TPSA) is 202 Å². The van der Waals surface area contributed by atoms with Crippen LogP contribution >= 0.6 is 0 Å². The van der Waals surface area contributed by atoms with Crippen molar-refractivity contribution in [3.05, 3.63) is 66.5 Å². The third-order valence-corrected chi connectivity index (χ3v) is 9.36. The summed E-state index contributed by atoms with van der Waals surface area (Å²) >= 11 is 0. The number of H-pyrrole nitrogens is 2. The lowest BCUT2D eigenvalue weighted by molar-refractivity contribution is -0.135. The maximum atomic E-state index is 13.4. The quantitative estimate of drug-likeness (QED) is 0.0536. The van der Waals surface area contributed by atoms with E-state index in [9.17, 15) is 9.59 Å². The smallest absolute Gasteiger partial charge is 0.292 e. The van der Waals surface area contributed by atoms with Gasteiger partial charge in [0, 0.05) is 32.2 Å². The van der Waals surface area contributed by atoms with E-state index in [1.165, 1.54) is 20.6 Å². The van der Waals surface area contributed by atoms with E-state index in [1.54, 1.807) is 14.2 Å². The van der Waals surface area contributed by atoms with Gasteiger partial charge in [-0.15, -0.1) is 0 Å². The van der Waals surface area contributed by atoms with Crippen molar-refractivity contribution in [2.75, 3.05) is 68.3 Å². The van der Waals surface area contributed by atoms with Crippen LogP contribution < -0.4 is 20.7 Å². The number of likely N-dealkylation sites (tertiary alicyclic amines) is 1. The minimum absolute atomic E-state index is 0.0139. The summed E-state index contributed by atoms with van der Waals surface area (Å²) in [7, 11) is 7.89. The van der Waals surface area contributed by atoms with Crippen molar-refractivity contribution in [1.82, 2.24) is 40.8 Å². The van der Waals surface area contributed by atoms with Gasteiger partial charge in [0.25, 0.3) is 12.9 Å². The molecule has 4 aromatic rings. The van der Waals surface area contributed by atoms with Crippen molar-refractivity contribution < 1.29 is 38.1 Å². The van der Waals surface area contributed by atoms with Gasteiger partial charge >= 0.3 is 0 Å². The monoisotopic (exact) mass is 849 g/mol. The first-order chi connectivity index (χ1) is 29.6. The fraction of sp³-hybridized carbons (Fsp3) is 0.511. The molecule has 2 unspecified atom stereocenters. The highest BCUT2D eigenvalue weighted by Gasteiger charge is 2.36. The summed E-state index contributed by atoms with van der Waals surface area (Å²) in [5.41, 5.74) is 5.86. The number of likely N-dealkylation sites (N-methyl/N-ethyl adjacent to an activating group) is 2. The van der Waals surface area contributed by atoms with Crippen LogP contribution in [0.4, 0.5) is 0 Å². The van der Waals surface area contributed by atoms with Crippen molar-refractivity contribution in [3.8, 4) is 39.4 Å². The number of unbranched alkanes of at least 4 members (excludes halogenated alkanes) is 1. The average molecular weight is 849 g/mol. The van der Waals surface area contributed by atoms with Crippen LogP contribution in [-0.4, -0.2) is 124 Å². The number of aryl methyl sites for hydroxylation is 1. The molecule has 336 valence electrons. The van der Waals surface area contributed by atoms with Crippen LogP contribution in [0.5, 0.6) is 5.75 Å². The van der Waals surface area contributed by atoms with Crippen molar-refractivity contribution in [3.63, 3.8) is 0 Å². The zero-order valence-electron chi connectivity index (χ0n) is 37.5. The highest BCUT2D eigenvalue weighted by Crippen LogP contribution is 2.37. The third kappa shape index (κ3) is 17.1. The van der Waals surface area contributed by atoms with Crippen LogP contribution in [0.3, 0.4) is 0 Å². The molecule has 0 bridgehead atoms. The molecule has 1 aliphatic heterocycles. The van der Waals surface area contributed by atoms with Crippen LogP contribution in [0.1, 0.15) is 77.5 Å². The molecule has 61 heavy (non-hydrogen) atoms. The molecule has 16 heteroatoms. The number of nitrogens with one attached hydrogen (secondary N) is 5. The zero-order chi connectivity index (χ0) is 45.0. The van der Waals surface area contributed by atoms with Crippen molar-refractivity contribution in [2.45, 2.75) is 78.3 Å². The molecule has 2 atom stereocenters. The Morgan fingerprint density at radius 3 is 2.13 bits per heavy atom. The molecule has 2 aromatic carbocycles. The summed E-state index contributed by atoms with van der Waals surface area (Å²) in [5.74, 6) is 2.79. The summed E-state index contributed by atoms with van der Waals surface area (Å²) in [6.45, 7) is 11.7. The number of nitrogens with zero attached hydrogens (tertiary/aromatic N) is 3. The number of benzene rings is 2. The number of rotatable bonds is 20. The number of amides is 2. The Balaban J connectivity index is 0.00000104. The third-order valence-electron chi connectivity index (χ3n) is 9.36. The van der Waals surface area contributed by atoms with Gasteiger partial charge in [0.1, 0.15) is 24.0 Å². The molecule has 2 aromatic heterocycles. The normalized spacial score (nSPS) is 13.3. The Labute approximate surface area is 361 Å². The number of carbonyl (C=O) groups is 4. The van der Waals surface area contributed by atoms with E-state index in [4.69, 9.17) is 24.0 Å². The molecule has 2 amide bonds. The number of hydrogen-bond donors (Lipinski definition) is 5. The van der Waals surface area contributed by atoms with Crippen LogP contribution in [0.15, 0.2) is 54.9 Å². The van der Waals surface area contributed by atoms with E-state index in [-0.39, 0.29) is 29.8 Å². The average Bonchev–Trinajstić information content (AvgIpc) is 4.07. The number of imidazole rings is 2. The molecule has 1 aliphatic rings. The largest absolute Gasteiger partial charge is 0.490 e. The maximum Gasteiger partial charge on any atom is 0.292 e. The molecule has 5 rings (SSSR count). The van der Waals surface area contributed by atoms with Gasteiger partial charge in [0.2, 0.25) is 11.8 Å². The summed E-state index contributed by atoms with van der Waals surface area (Å²) in [6.07, 6.45) is 9.43. The van der Waals surface area contributed by atoms with E-state index in [2.05, 4.69) is 111 Å². The maximum absolute atomic E-state index is 13.4. The molecule has 0 saturated carbocycles. The Kier molecular flexibility index (Phi) is 25.0. The SMILES string of the molecule is CCC.CNCC(=O)NCCCCc1ncc(-c2ccc(-c3ccc(-c4cnc(C5CCCN5C(=O)C(NC)C(C)C)[nH]4)c(OCCOC)c3)cc2)[nH]1.COC=O.COC=O. The molecule has 1 fully saturated rings. The highest BCUT2D eigenvalue weighted by atomic mass is 16.5. The minimum atomic E-state index is -0.227. The van der Waals surface area contributed by atoms with Crippen LogP contribution in [-0.2, 0) is 39.8 Å². The lowest BCUT2D eigenvalue weighted by Gasteiger charge is -2.29. The second kappa shape index (κ2) is 29.6. The molecule has 3 heterocycles. The van der Waals surface area contributed by atoms with Crippen molar-refractivity contribution in [2.24, 2.45) is 5.92 Å². The fourth-order valence-corrected chi connectivity index (χ4v) is 6.50. The van der Waals surface area contributed by atoms with E-state index in [1.807, 2.05) is 24.3 Å². The standard InChI is InChI=1S/C38H52N8O4.C3H8.2C2H4O2/c1-25(2)36(40-4)38(48)46-18-8-9-32(46)37-43-23-31(45-37)29-16-15-28(21-33(29)50-20-19-49-5)26-11-13-27(14-12-26)30-22-42-34(44-30)10-6-7-17-41-35(47)24-39-3;1-3-2;2*1-4-2-3/h11-16,21-23,25,32,36,39-40H,6-10,17-20,24H2,1-5H3,(H,41,47)(H,42,44)(H,43,45);3H2,1-2H3;2*2H,1H3. The van der Waals surface area contributed by atoms with Crippen LogP contribution in [0, 0.1) is 5.92 Å². The summed E-state index contributed by atoms with van der Waals surface area (Å²) < 4.78 is 19.2. The molecule has 0 aliphatic carbocycles. The molecule has 0 spiro atoms. The first-order valence-corrected chi connectivity index (χ1v) is 20.8. The lowest BCUT2D eigenvalue weighted by atomic mass is 10.00. The number of hydrogen-bond acceptors (Lipinski definition) is 12. The van der Waals surface area contributed by atoms with Gasteiger partial charge in [-0.25, -0.2) is 9.97 Å². The van der Waals surface area contributed by atoms with Crippen molar-refractivity contribution >= 4 is 24.8 Å². The van der Waals surface area contributed by atoms with E-state index in [0.717, 1.165) is 89.7 Å². The number of carbonyl (C=O) groups excluding carboxylic acids is 4. The van der Waals surface area contributed by atoms with E-state index in [0.29, 0.717) is 39.2 Å². The van der Waals surface area contributed by atoms with E-state index < -0.39 is 0 Å². The van der Waals surface area contributed by atoms with Crippen molar-refractivity contribution in [1.29, 1.82) is 0 Å². The Morgan fingerprint density at radius 1 is 0.885 bits per heavy atom. The number of ether oxygens (including phenoxy) is 4. The molecule has 5 N–H and O–H groups in total. The molecule has 1 saturated heterocycles. The first kappa shape index (κ1) is 51.6. The zero-order valence-corrected chi connectivity index (χ0v) is 37.5. The second-order valence-electron chi connectivity index (χ2n) is 14.5. The Morgan fingerprint density at radius 2 is 1.52 bits per heavy atom. The fourth-order valence-electron chi connectivity index (χ4n) is 6.50. The highest BCUT2D eigenvalue weighted by molar-refractivity contribution is 5.83. The Bertz CT molecular complexity index is 1840. The molecule has 0 radical (unpaired) electrons. The lowest BCUT2D eigenvalue weighted by Crippen LogP contribution is -2.47. The van der Waals surface area contributed by atoms with Gasteiger partial charge in [-0.05, 0) is 74.5 Å². The number of aromatic nitrogens is 4. The predicted molar refractivity (Wildman–Crippen MR) is 238 cm³/mol. The Hall–Kier alpha value is -5.58. The van der Waals surface area contributed by atoms with Gasteiger partial charge in [-0.2, -0.15) is 0 Å². The van der Waals surface area contributed by atoms with Gasteiger partial charge in [0.05, 0.1) is 63.2 Å². The first-order valence-electron chi connectivity index (χ1n) is 20.8. The minimum Gasteiger partial charge on any atom is -0.490 e. The van der Waals surface area contributed by atoms with Gasteiger partial charge in [-0.3, -0.25) is 19.2 Å². The summed E-state index contributed by atoms with van der Waals surface area (Å²) in [4.78, 5) is 61.2. The van der Waals surface area contributed by atoms with Crippen LogP contribution in [0.2, 0.25) is 0 Å².